The van der Waals surface area contributed by atoms with Crippen molar-refractivity contribution in [2.75, 3.05) is 39.6 Å². The monoisotopic (exact) mass is 444 g/mol. The molecule has 0 radical (unpaired) electrons. The first-order valence-electron chi connectivity index (χ1n) is 10.2. The number of benzene rings is 2. The molecule has 0 atom stereocenters. The van der Waals surface area contributed by atoms with Gasteiger partial charge in [0, 0.05) is 31.5 Å². The van der Waals surface area contributed by atoms with Crippen molar-refractivity contribution in [1.29, 1.82) is 0 Å². The van der Waals surface area contributed by atoms with E-state index in [2.05, 4.69) is 0 Å². The molecule has 2 aromatic carbocycles. The Bertz CT molecular complexity index is 991. The lowest BCUT2D eigenvalue weighted by Crippen LogP contribution is -2.53. The Morgan fingerprint density at radius 3 is 2.39 bits per heavy atom. The van der Waals surface area contributed by atoms with E-state index in [-0.39, 0.29) is 17.4 Å². The van der Waals surface area contributed by atoms with E-state index in [0.29, 0.717) is 49.5 Å². The molecule has 2 saturated heterocycles. The number of piperidine rings is 1. The summed E-state index contributed by atoms with van der Waals surface area (Å²) in [6.07, 6.45) is 1.28. The summed E-state index contributed by atoms with van der Waals surface area (Å²) >= 11 is 1.73. The Balaban J connectivity index is 1.49. The van der Waals surface area contributed by atoms with Gasteiger partial charge in [0.15, 0.2) is 0 Å². The highest BCUT2D eigenvalue weighted by Crippen LogP contribution is 2.45. The predicted octanol–water partition coefficient (Wildman–Crippen LogP) is 3.66. The number of nitrogens with zero attached hydrogens (tertiary/aromatic N) is 2. The largest absolute Gasteiger partial charge is 0.497 e. The molecule has 2 heterocycles. The summed E-state index contributed by atoms with van der Waals surface area (Å²) in [7, 11) is 3.09. The Morgan fingerprint density at radius 1 is 0.968 bits per heavy atom. The van der Waals surface area contributed by atoms with Gasteiger partial charge in [0.2, 0.25) is 0 Å². The Kier molecular flexibility index (Phi) is 6.09. The molecule has 0 aliphatic carbocycles. The lowest BCUT2D eigenvalue weighted by atomic mass is 9.99. The van der Waals surface area contributed by atoms with Crippen LogP contribution in [0.1, 0.15) is 33.6 Å². The molecule has 4 rings (SSSR count). The second-order valence-electron chi connectivity index (χ2n) is 7.59. The highest BCUT2D eigenvalue weighted by Gasteiger charge is 2.47. The molecule has 0 aromatic heterocycles. The van der Waals surface area contributed by atoms with E-state index in [0.717, 1.165) is 5.75 Å². The first-order chi connectivity index (χ1) is 15.0. The van der Waals surface area contributed by atoms with E-state index in [1.807, 2.05) is 0 Å². The number of carbonyl (C=O) groups excluding carboxylic acids is 2. The van der Waals surface area contributed by atoms with Gasteiger partial charge < -0.3 is 19.3 Å². The van der Waals surface area contributed by atoms with E-state index >= 15 is 0 Å². The van der Waals surface area contributed by atoms with E-state index in [4.69, 9.17) is 9.47 Å². The van der Waals surface area contributed by atoms with Crippen molar-refractivity contribution in [2.24, 2.45) is 0 Å². The van der Waals surface area contributed by atoms with Gasteiger partial charge in [0.1, 0.15) is 17.3 Å². The van der Waals surface area contributed by atoms with Crippen LogP contribution < -0.4 is 9.47 Å². The fraction of sp³-hybridized carbons (Fsp3) is 0.391. The van der Waals surface area contributed by atoms with Gasteiger partial charge >= 0.3 is 0 Å². The van der Waals surface area contributed by atoms with Crippen LogP contribution >= 0.6 is 11.8 Å². The van der Waals surface area contributed by atoms with Crippen LogP contribution in [0.4, 0.5) is 4.39 Å². The molecule has 2 aromatic rings. The Labute approximate surface area is 185 Å². The molecule has 2 aliphatic rings. The van der Waals surface area contributed by atoms with Gasteiger partial charge in [-0.05, 0) is 37.1 Å². The minimum Gasteiger partial charge on any atom is -0.497 e. The molecule has 6 nitrogen and oxygen atoms in total. The molecular weight excluding hydrogens is 419 g/mol. The minimum atomic E-state index is -0.501. The van der Waals surface area contributed by atoms with Gasteiger partial charge in [0.05, 0.1) is 30.2 Å². The quantitative estimate of drug-likeness (QED) is 0.720. The third-order valence-electron chi connectivity index (χ3n) is 6.00. The molecule has 31 heavy (non-hydrogen) atoms. The molecule has 0 saturated carbocycles. The lowest BCUT2D eigenvalue weighted by molar-refractivity contribution is 0.0494. The van der Waals surface area contributed by atoms with Crippen LogP contribution in [0.5, 0.6) is 11.5 Å². The van der Waals surface area contributed by atoms with Gasteiger partial charge in [-0.3, -0.25) is 9.59 Å². The third kappa shape index (κ3) is 3.96. The van der Waals surface area contributed by atoms with Crippen LogP contribution in [0, 0.1) is 5.82 Å². The molecule has 8 heteroatoms. The molecule has 0 unspecified atom stereocenters. The maximum Gasteiger partial charge on any atom is 0.257 e. The van der Waals surface area contributed by atoms with Crippen LogP contribution in [-0.2, 0) is 0 Å². The normalized spacial score (nSPS) is 17.6. The van der Waals surface area contributed by atoms with Crippen molar-refractivity contribution in [2.45, 2.75) is 17.7 Å². The maximum absolute atomic E-state index is 14.2. The van der Waals surface area contributed by atoms with E-state index in [9.17, 15) is 14.0 Å². The van der Waals surface area contributed by atoms with Crippen LogP contribution in [0.15, 0.2) is 42.5 Å². The second-order valence-corrected chi connectivity index (χ2v) is 9.05. The first-order valence-corrected chi connectivity index (χ1v) is 11.2. The van der Waals surface area contributed by atoms with Crippen molar-refractivity contribution in [3.63, 3.8) is 0 Å². The molecule has 2 fully saturated rings. The van der Waals surface area contributed by atoms with Crippen LogP contribution in [-0.4, -0.2) is 66.1 Å². The number of likely N-dealkylation sites (tertiary alicyclic amines) is 1. The van der Waals surface area contributed by atoms with Crippen LogP contribution in [0.3, 0.4) is 0 Å². The number of carbonyl (C=O) groups is 2. The molecule has 2 amide bonds. The number of halogens is 1. The maximum atomic E-state index is 14.2. The Hall–Kier alpha value is -2.74. The van der Waals surface area contributed by atoms with Crippen molar-refractivity contribution in [3.8, 4) is 11.5 Å². The van der Waals surface area contributed by atoms with Gasteiger partial charge in [0.25, 0.3) is 11.8 Å². The number of hydrogen-bond acceptors (Lipinski definition) is 5. The van der Waals surface area contributed by atoms with Gasteiger partial charge in [-0.1, -0.05) is 12.1 Å². The van der Waals surface area contributed by atoms with Crippen molar-refractivity contribution >= 4 is 23.6 Å². The second kappa shape index (κ2) is 8.78. The zero-order valence-corrected chi connectivity index (χ0v) is 18.4. The van der Waals surface area contributed by atoms with E-state index < -0.39 is 10.7 Å². The number of rotatable bonds is 4. The zero-order valence-electron chi connectivity index (χ0n) is 17.6. The average Bonchev–Trinajstić information content (AvgIpc) is 3.21. The van der Waals surface area contributed by atoms with E-state index in [1.54, 1.807) is 59.0 Å². The standard InChI is InChI=1S/C23H25FN2O4S/c1-29-16-7-8-18(20(15-16)30-2)21(27)25-11-9-23(10-12-25)26(13-14-31-23)22(28)17-5-3-4-6-19(17)24/h3-8,15H,9-14H2,1-2H3. The molecule has 2 aliphatic heterocycles. The van der Waals surface area contributed by atoms with Gasteiger partial charge in [-0.25, -0.2) is 4.39 Å². The summed E-state index contributed by atoms with van der Waals surface area (Å²) < 4.78 is 24.8. The van der Waals surface area contributed by atoms with Crippen molar-refractivity contribution in [3.05, 3.63) is 59.4 Å². The molecular formula is C23H25FN2O4S. The number of thioether (sulfide) groups is 1. The Morgan fingerprint density at radius 2 is 1.71 bits per heavy atom. The molecule has 0 bridgehead atoms. The molecule has 1 spiro atoms. The first kappa shape index (κ1) is 21.5. The number of amides is 2. The van der Waals surface area contributed by atoms with E-state index in [1.165, 1.54) is 19.2 Å². The van der Waals surface area contributed by atoms with Crippen molar-refractivity contribution < 1.29 is 23.5 Å². The fourth-order valence-electron chi connectivity index (χ4n) is 4.29. The topological polar surface area (TPSA) is 59.1 Å². The molecule has 164 valence electrons. The molecule has 0 N–H and O–H groups in total. The fourth-order valence-corrected chi connectivity index (χ4v) is 5.75. The smallest absolute Gasteiger partial charge is 0.257 e. The van der Waals surface area contributed by atoms with Gasteiger partial charge in [-0.15, -0.1) is 11.8 Å². The SMILES string of the molecule is COc1ccc(C(=O)N2CCC3(CC2)SCCN3C(=O)c2ccccc2F)c(OC)c1. The summed E-state index contributed by atoms with van der Waals surface area (Å²) in [6, 6.07) is 11.2. The number of hydrogen-bond donors (Lipinski definition) is 0. The van der Waals surface area contributed by atoms with Crippen LogP contribution in [0.25, 0.3) is 0 Å². The summed E-state index contributed by atoms with van der Waals surface area (Å²) in [5, 5.41) is 0. The average molecular weight is 445 g/mol. The highest BCUT2D eigenvalue weighted by molar-refractivity contribution is 8.00. The highest BCUT2D eigenvalue weighted by atomic mass is 32.2. The zero-order chi connectivity index (χ0) is 22.0. The lowest BCUT2D eigenvalue weighted by Gasteiger charge is -2.44. The van der Waals surface area contributed by atoms with Crippen LogP contribution in [0.2, 0.25) is 0 Å². The predicted molar refractivity (Wildman–Crippen MR) is 117 cm³/mol. The summed E-state index contributed by atoms with van der Waals surface area (Å²) in [5.41, 5.74) is 0.587. The third-order valence-corrected chi connectivity index (χ3v) is 7.55. The summed E-state index contributed by atoms with van der Waals surface area (Å²) in [4.78, 5) is 29.4. The minimum absolute atomic E-state index is 0.103. The number of ether oxygens (including phenoxy) is 2. The van der Waals surface area contributed by atoms with Gasteiger partial charge in [-0.2, -0.15) is 0 Å². The number of methoxy groups -OCH3 is 2. The van der Waals surface area contributed by atoms with Crippen molar-refractivity contribution in [1.82, 2.24) is 9.80 Å². The summed E-state index contributed by atoms with van der Waals surface area (Å²) in [6.45, 7) is 1.61. The summed E-state index contributed by atoms with van der Waals surface area (Å²) in [5.74, 6) is 1.01.